The van der Waals surface area contributed by atoms with Crippen LogP contribution in [-0.4, -0.2) is 7.05 Å². The molecule has 92 valence electrons. The number of furan rings is 1. The van der Waals surface area contributed by atoms with Crippen LogP contribution in [0.15, 0.2) is 27.1 Å². The van der Waals surface area contributed by atoms with E-state index in [1.165, 1.54) is 12.1 Å². The summed E-state index contributed by atoms with van der Waals surface area (Å²) in [4.78, 5) is 0. The third-order valence-electron chi connectivity index (χ3n) is 2.82. The van der Waals surface area contributed by atoms with Crippen molar-refractivity contribution >= 4 is 26.9 Å². The predicted octanol–water partition coefficient (Wildman–Crippen LogP) is 4.40. The number of halogens is 2. The molecule has 2 aromatic rings. The monoisotopic (exact) mass is 299 g/mol. The van der Waals surface area contributed by atoms with Gasteiger partial charge in [-0.25, -0.2) is 4.39 Å². The molecule has 1 heterocycles. The van der Waals surface area contributed by atoms with E-state index in [0.29, 0.717) is 10.1 Å². The summed E-state index contributed by atoms with van der Waals surface area (Å²) >= 11 is 3.32. The quantitative estimate of drug-likeness (QED) is 0.905. The Kier molecular flexibility index (Phi) is 3.84. The Hall–Kier alpha value is -0.870. The first-order valence-electron chi connectivity index (χ1n) is 5.71. The summed E-state index contributed by atoms with van der Waals surface area (Å²) in [6, 6.07) is 5.00. The molecule has 2 rings (SSSR count). The first kappa shape index (κ1) is 12.6. The molecule has 0 aliphatic heterocycles. The minimum atomic E-state index is -0.256. The van der Waals surface area contributed by atoms with E-state index < -0.39 is 0 Å². The van der Waals surface area contributed by atoms with Gasteiger partial charge in [-0.1, -0.05) is 13.3 Å². The van der Waals surface area contributed by atoms with Crippen LogP contribution < -0.4 is 5.32 Å². The van der Waals surface area contributed by atoms with Crippen LogP contribution in [0.4, 0.5) is 4.39 Å². The van der Waals surface area contributed by atoms with Crippen LogP contribution in [0.3, 0.4) is 0 Å². The second-order valence-corrected chi connectivity index (χ2v) is 4.94. The van der Waals surface area contributed by atoms with Crippen LogP contribution in [0.1, 0.15) is 31.6 Å². The van der Waals surface area contributed by atoms with Crippen molar-refractivity contribution in [3.63, 3.8) is 0 Å². The van der Waals surface area contributed by atoms with Crippen LogP contribution in [0.2, 0.25) is 0 Å². The summed E-state index contributed by atoms with van der Waals surface area (Å²) in [5.41, 5.74) is 0.706. The average molecular weight is 300 g/mol. The first-order chi connectivity index (χ1) is 8.15. The molecule has 1 atom stereocenters. The van der Waals surface area contributed by atoms with E-state index in [1.807, 2.05) is 13.1 Å². The maximum atomic E-state index is 13.3. The van der Waals surface area contributed by atoms with Crippen LogP contribution >= 0.6 is 15.9 Å². The third kappa shape index (κ3) is 2.53. The summed E-state index contributed by atoms with van der Waals surface area (Å²) in [6.07, 6.45) is 2.06. The Balaban J connectivity index is 2.46. The van der Waals surface area contributed by atoms with Gasteiger partial charge in [0.15, 0.2) is 0 Å². The molecule has 1 N–H and O–H groups in total. The van der Waals surface area contributed by atoms with E-state index in [9.17, 15) is 4.39 Å². The molecule has 0 amide bonds. The Labute approximate surface area is 108 Å². The third-order valence-corrected chi connectivity index (χ3v) is 3.41. The number of hydrogen-bond acceptors (Lipinski definition) is 2. The van der Waals surface area contributed by atoms with Crippen molar-refractivity contribution in [2.75, 3.05) is 7.05 Å². The van der Waals surface area contributed by atoms with Crippen molar-refractivity contribution in [3.05, 3.63) is 34.2 Å². The van der Waals surface area contributed by atoms with Crippen molar-refractivity contribution in [3.8, 4) is 0 Å². The largest absolute Gasteiger partial charge is 0.458 e. The molecule has 0 aliphatic rings. The van der Waals surface area contributed by atoms with Crippen molar-refractivity contribution < 1.29 is 8.81 Å². The van der Waals surface area contributed by atoms with Gasteiger partial charge in [-0.15, -0.1) is 0 Å². The lowest BCUT2D eigenvalue weighted by atomic mass is 10.1. The van der Waals surface area contributed by atoms with Crippen molar-refractivity contribution in [1.29, 1.82) is 0 Å². The molecule has 0 aliphatic carbocycles. The molecule has 1 aromatic carbocycles. The number of benzene rings is 1. The van der Waals surface area contributed by atoms with Gasteiger partial charge in [-0.05, 0) is 47.6 Å². The van der Waals surface area contributed by atoms with E-state index in [1.54, 1.807) is 0 Å². The highest BCUT2D eigenvalue weighted by atomic mass is 79.9. The van der Waals surface area contributed by atoms with E-state index in [-0.39, 0.29) is 11.9 Å². The van der Waals surface area contributed by atoms with Crippen molar-refractivity contribution in [2.24, 2.45) is 0 Å². The Morgan fingerprint density at radius 2 is 2.18 bits per heavy atom. The zero-order chi connectivity index (χ0) is 12.4. The predicted molar refractivity (Wildman–Crippen MR) is 70.6 cm³/mol. The van der Waals surface area contributed by atoms with Gasteiger partial charge in [-0.2, -0.15) is 0 Å². The molecule has 0 fully saturated rings. The lowest BCUT2D eigenvalue weighted by Gasteiger charge is -2.11. The van der Waals surface area contributed by atoms with Crippen LogP contribution in [-0.2, 0) is 0 Å². The molecule has 0 radical (unpaired) electrons. The topological polar surface area (TPSA) is 25.2 Å². The first-order valence-corrected chi connectivity index (χ1v) is 6.50. The Morgan fingerprint density at radius 1 is 1.41 bits per heavy atom. The fraction of sp³-hybridized carbons (Fsp3) is 0.385. The normalized spacial score (nSPS) is 13.2. The molecule has 1 unspecified atom stereocenters. The van der Waals surface area contributed by atoms with Gasteiger partial charge in [0.25, 0.3) is 0 Å². The second kappa shape index (κ2) is 5.19. The van der Waals surface area contributed by atoms with E-state index >= 15 is 0 Å². The van der Waals surface area contributed by atoms with Gasteiger partial charge in [0, 0.05) is 5.39 Å². The fourth-order valence-electron chi connectivity index (χ4n) is 1.98. The minimum absolute atomic E-state index is 0.183. The molecular formula is C13H15BrFNO. The highest BCUT2D eigenvalue weighted by Gasteiger charge is 2.15. The van der Waals surface area contributed by atoms with Gasteiger partial charge in [0.2, 0.25) is 0 Å². The van der Waals surface area contributed by atoms with Gasteiger partial charge in [0.1, 0.15) is 17.2 Å². The summed E-state index contributed by atoms with van der Waals surface area (Å²) in [7, 11) is 1.91. The standard InChI is InChI=1S/C13H15BrFNO/c1-3-4-11(16-2)12-6-8-5-9(15)7-10(14)13(8)17-12/h5-7,11,16H,3-4H2,1-2H3. The van der Waals surface area contributed by atoms with Gasteiger partial charge < -0.3 is 9.73 Å². The fourth-order valence-corrected chi connectivity index (χ4v) is 2.51. The van der Waals surface area contributed by atoms with E-state index in [2.05, 4.69) is 28.2 Å². The molecule has 0 spiro atoms. The van der Waals surface area contributed by atoms with Crippen LogP contribution in [0.5, 0.6) is 0 Å². The lowest BCUT2D eigenvalue weighted by Crippen LogP contribution is -2.15. The Morgan fingerprint density at radius 3 is 2.82 bits per heavy atom. The smallest absolute Gasteiger partial charge is 0.148 e. The molecular weight excluding hydrogens is 285 g/mol. The zero-order valence-electron chi connectivity index (χ0n) is 9.89. The van der Waals surface area contributed by atoms with Crippen LogP contribution in [0.25, 0.3) is 11.0 Å². The summed E-state index contributed by atoms with van der Waals surface area (Å²) in [5.74, 6) is 0.601. The maximum Gasteiger partial charge on any atom is 0.148 e. The highest BCUT2D eigenvalue weighted by Crippen LogP contribution is 2.31. The average Bonchev–Trinajstić information content (AvgIpc) is 2.69. The van der Waals surface area contributed by atoms with E-state index in [4.69, 9.17) is 4.42 Å². The van der Waals surface area contributed by atoms with Gasteiger partial charge >= 0.3 is 0 Å². The SMILES string of the molecule is CCCC(NC)c1cc2cc(F)cc(Br)c2o1. The van der Waals surface area contributed by atoms with E-state index in [0.717, 1.165) is 24.0 Å². The molecule has 0 bridgehead atoms. The van der Waals surface area contributed by atoms with Gasteiger partial charge in [0.05, 0.1) is 10.5 Å². The number of rotatable bonds is 4. The highest BCUT2D eigenvalue weighted by molar-refractivity contribution is 9.10. The van der Waals surface area contributed by atoms with Gasteiger partial charge in [-0.3, -0.25) is 0 Å². The lowest BCUT2D eigenvalue weighted by molar-refractivity contribution is 0.429. The molecule has 2 nitrogen and oxygen atoms in total. The molecule has 17 heavy (non-hydrogen) atoms. The summed E-state index contributed by atoms with van der Waals surface area (Å²) in [5, 5.41) is 4.01. The number of nitrogens with one attached hydrogen (secondary N) is 1. The molecule has 1 aromatic heterocycles. The Bertz CT molecular complexity index is 523. The molecule has 4 heteroatoms. The minimum Gasteiger partial charge on any atom is -0.458 e. The summed E-state index contributed by atoms with van der Waals surface area (Å²) < 4.78 is 19.7. The second-order valence-electron chi connectivity index (χ2n) is 4.08. The number of hydrogen-bond donors (Lipinski definition) is 1. The number of fused-ring (bicyclic) bond motifs is 1. The maximum absolute atomic E-state index is 13.3. The van der Waals surface area contributed by atoms with Crippen molar-refractivity contribution in [1.82, 2.24) is 5.32 Å². The van der Waals surface area contributed by atoms with Crippen LogP contribution in [0, 0.1) is 5.82 Å². The van der Waals surface area contributed by atoms with Crippen molar-refractivity contribution in [2.45, 2.75) is 25.8 Å². The zero-order valence-corrected chi connectivity index (χ0v) is 11.5. The molecule has 0 saturated heterocycles. The molecule has 0 saturated carbocycles. The summed E-state index contributed by atoms with van der Waals surface area (Å²) in [6.45, 7) is 2.13.